The molecule has 0 aromatic heterocycles. The van der Waals surface area contributed by atoms with Gasteiger partial charge in [-0.1, -0.05) is 11.8 Å². The number of carbonyl (C=O) groups excluding carboxylic acids is 2. The molecule has 7 heteroatoms. The Labute approximate surface area is 106 Å². The highest BCUT2D eigenvalue weighted by Crippen LogP contribution is 2.26. The van der Waals surface area contributed by atoms with Gasteiger partial charge in [-0.2, -0.15) is 8.78 Å². The number of nitrogens with one attached hydrogen (secondary N) is 1. The minimum absolute atomic E-state index is 0.369. The molecule has 1 aromatic carbocycles. The van der Waals surface area contributed by atoms with Gasteiger partial charge in [0.25, 0.3) is 5.76 Å². The van der Waals surface area contributed by atoms with E-state index in [1.165, 1.54) is 24.3 Å². The number of thioether (sulfide) groups is 1. The van der Waals surface area contributed by atoms with E-state index in [0.717, 1.165) is 6.08 Å². The fraction of sp³-hybridized carbons (Fsp3) is 0.0909. The van der Waals surface area contributed by atoms with Crippen LogP contribution in [0.4, 0.5) is 14.5 Å². The van der Waals surface area contributed by atoms with E-state index in [-0.39, 0.29) is 0 Å². The Kier molecular flexibility index (Phi) is 5.31. The molecular formula is C11H8F2NO3S-. The molecule has 0 saturated carbocycles. The van der Waals surface area contributed by atoms with Crippen LogP contribution in [0, 0.1) is 0 Å². The van der Waals surface area contributed by atoms with E-state index in [0.29, 0.717) is 28.4 Å². The van der Waals surface area contributed by atoms with Crippen molar-refractivity contribution < 1.29 is 23.5 Å². The molecule has 0 spiro atoms. The molecule has 18 heavy (non-hydrogen) atoms. The molecule has 1 rings (SSSR count). The van der Waals surface area contributed by atoms with Crippen LogP contribution in [0.5, 0.6) is 0 Å². The van der Waals surface area contributed by atoms with E-state index in [9.17, 15) is 23.5 Å². The summed E-state index contributed by atoms with van der Waals surface area (Å²) in [6.45, 7) is 0. The Morgan fingerprint density at radius 2 is 1.83 bits per heavy atom. The van der Waals surface area contributed by atoms with Gasteiger partial charge in [-0.15, -0.1) is 0 Å². The molecule has 0 unspecified atom stereocenters. The van der Waals surface area contributed by atoms with Gasteiger partial charge in [0.05, 0.1) is 5.97 Å². The van der Waals surface area contributed by atoms with Gasteiger partial charge in [-0.05, 0) is 30.3 Å². The van der Waals surface area contributed by atoms with Gasteiger partial charge >= 0.3 is 0 Å². The summed E-state index contributed by atoms with van der Waals surface area (Å²) in [5.41, 5.74) is 0.376. The fourth-order valence-corrected chi connectivity index (χ4v) is 1.55. The van der Waals surface area contributed by atoms with Crippen LogP contribution in [0.3, 0.4) is 0 Å². The Bertz CT molecular complexity index is 460. The topological polar surface area (TPSA) is 69.2 Å². The standard InChI is InChI=1S/C11H9F2NO3S/c12-11(13)18-8-3-1-7(2-4-8)14-9(15)5-6-10(16)17/h1-6,11H,(H,14,15)(H,16,17)/p-1/b6-5+. The molecule has 1 aromatic rings. The minimum atomic E-state index is -2.50. The number of halogens is 2. The van der Waals surface area contributed by atoms with Gasteiger partial charge in [-0.3, -0.25) is 4.79 Å². The van der Waals surface area contributed by atoms with Crippen molar-refractivity contribution in [2.45, 2.75) is 10.7 Å². The molecule has 0 saturated heterocycles. The Morgan fingerprint density at radius 1 is 1.22 bits per heavy atom. The number of rotatable bonds is 5. The maximum absolute atomic E-state index is 12.0. The summed E-state index contributed by atoms with van der Waals surface area (Å²) in [6.07, 6.45) is 1.40. The molecule has 0 bridgehead atoms. The molecular weight excluding hydrogens is 264 g/mol. The van der Waals surface area contributed by atoms with Crippen LogP contribution in [0.25, 0.3) is 0 Å². The number of benzene rings is 1. The monoisotopic (exact) mass is 272 g/mol. The van der Waals surface area contributed by atoms with Gasteiger partial charge in [-0.25, -0.2) is 0 Å². The molecule has 0 atom stereocenters. The number of carbonyl (C=O) groups is 2. The van der Waals surface area contributed by atoms with Crippen LogP contribution in [-0.2, 0) is 9.59 Å². The average Bonchev–Trinajstić information content (AvgIpc) is 2.28. The first-order chi connectivity index (χ1) is 8.47. The SMILES string of the molecule is O=C([O-])/C=C/C(=O)Nc1ccc(SC(F)F)cc1. The number of carboxylic acids is 1. The lowest BCUT2D eigenvalue weighted by molar-refractivity contribution is -0.297. The van der Waals surface area contributed by atoms with Crippen molar-refractivity contribution in [3.05, 3.63) is 36.4 Å². The number of hydrogen-bond acceptors (Lipinski definition) is 4. The van der Waals surface area contributed by atoms with Gasteiger partial charge < -0.3 is 15.2 Å². The van der Waals surface area contributed by atoms with E-state index in [2.05, 4.69) is 5.32 Å². The van der Waals surface area contributed by atoms with Crippen LogP contribution in [0.2, 0.25) is 0 Å². The first-order valence-corrected chi connectivity index (χ1v) is 5.60. The summed E-state index contributed by atoms with van der Waals surface area (Å²) in [4.78, 5) is 21.6. The second-order valence-electron chi connectivity index (χ2n) is 3.04. The maximum Gasteiger partial charge on any atom is 0.288 e. The van der Waals surface area contributed by atoms with Crippen LogP contribution in [-0.4, -0.2) is 17.6 Å². The predicted octanol–water partition coefficient (Wildman–Crippen LogP) is 1.25. The molecule has 4 nitrogen and oxygen atoms in total. The third kappa shape index (κ3) is 5.44. The molecule has 1 amide bonds. The summed E-state index contributed by atoms with van der Waals surface area (Å²) < 4.78 is 24.1. The highest BCUT2D eigenvalue weighted by molar-refractivity contribution is 7.99. The van der Waals surface area contributed by atoms with Gasteiger partial charge in [0, 0.05) is 16.7 Å². The van der Waals surface area contributed by atoms with Crippen LogP contribution < -0.4 is 10.4 Å². The summed E-state index contributed by atoms with van der Waals surface area (Å²) in [5.74, 6) is -4.63. The molecule has 0 aliphatic carbocycles. The second-order valence-corrected chi connectivity index (χ2v) is 4.11. The van der Waals surface area contributed by atoms with E-state index < -0.39 is 17.6 Å². The number of anilines is 1. The first-order valence-electron chi connectivity index (χ1n) is 4.72. The quantitative estimate of drug-likeness (QED) is 0.647. The fourth-order valence-electron chi connectivity index (χ4n) is 1.05. The van der Waals surface area contributed by atoms with Crippen molar-refractivity contribution >= 4 is 29.3 Å². The highest BCUT2D eigenvalue weighted by Gasteiger charge is 2.05. The molecule has 0 heterocycles. The Hall–Kier alpha value is -1.89. The van der Waals surface area contributed by atoms with E-state index in [1.807, 2.05) is 0 Å². The van der Waals surface area contributed by atoms with Crippen molar-refractivity contribution in [1.29, 1.82) is 0 Å². The van der Waals surface area contributed by atoms with Crippen molar-refractivity contribution in [3.8, 4) is 0 Å². The van der Waals surface area contributed by atoms with E-state index in [4.69, 9.17) is 0 Å². The van der Waals surface area contributed by atoms with E-state index >= 15 is 0 Å². The summed E-state index contributed by atoms with van der Waals surface area (Å²) >= 11 is 0.394. The number of aliphatic carboxylic acids is 1. The van der Waals surface area contributed by atoms with Crippen LogP contribution >= 0.6 is 11.8 Å². The molecule has 0 aliphatic rings. The predicted molar refractivity (Wildman–Crippen MR) is 61.1 cm³/mol. The first kappa shape index (κ1) is 14.2. The van der Waals surface area contributed by atoms with Gasteiger partial charge in [0.1, 0.15) is 0 Å². The van der Waals surface area contributed by atoms with Gasteiger partial charge in [0.15, 0.2) is 0 Å². The molecule has 0 aliphatic heterocycles. The lowest BCUT2D eigenvalue weighted by Gasteiger charge is -2.04. The van der Waals surface area contributed by atoms with E-state index in [1.54, 1.807) is 0 Å². The van der Waals surface area contributed by atoms with Gasteiger partial charge in [0.2, 0.25) is 5.91 Å². The summed E-state index contributed by atoms with van der Waals surface area (Å²) in [7, 11) is 0. The lowest BCUT2D eigenvalue weighted by Crippen LogP contribution is -2.20. The summed E-state index contributed by atoms with van der Waals surface area (Å²) in [6, 6.07) is 5.73. The Morgan fingerprint density at radius 3 is 2.33 bits per heavy atom. The number of carboxylic acid groups (broad SMARTS) is 1. The average molecular weight is 272 g/mol. The normalized spacial score (nSPS) is 10.8. The number of alkyl halides is 2. The number of hydrogen-bond donors (Lipinski definition) is 1. The third-order valence-corrected chi connectivity index (χ3v) is 2.44. The zero-order valence-electron chi connectivity index (χ0n) is 8.93. The number of amides is 1. The third-order valence-electron chi connectivity index (χ3n) is 1.72. The Balaban J connectivity index is 2.58. The van der Waals surface area contributed by atoms with Crippen molar-refractivity contribution in [2.24, 2.45) is 0 Å². The largest absolute Gasteiger partial charge is 0.545 e. The zero-order chi connectivity index (χ0) is 13.5. The van der Waals surface area contributed by atoms with Crippen molar-refractivity contribution in [3.63, 3.8) is 0 Å². The van der Waals surface area contributed by atoms with Crippen LogP contribution in [0.1, 0.15) is 0 Å². The second kappa shape index (κ2) is 6.75. The molecule has 96 valence electrons. The smallest absolute Gasteiger partial charge is 0.288 e. The lowest BCUT2D eigenvalue weighted by atomic mass is 10.3. The molecule has 0 fully saturated rings. The maximum atomic E-state index is 12.0. The highest BCUT2D eigenvalue weighted by atomic mass is 32.2. The minimum Gasteiger partial charge on any atom is -0.545 e. The van der Waals surface area contributed by atoms with Crippen LogP contribution in [0.15, 0.2) is 41.3 Å². The van der Waals surface area contributed by atoms with Crippen molar-refractivity contribution in [2.75, 3.05) is 5.32 Å². The zero-order valence-corrected chi connectivity index (χ0v) is 9.75. The molecule has 0 radical (unpaired) electrons. The molecule has 1 N–H and O–H groups in total. The summed E-state index contributed by atoms with van der Waals surface area (Å²) in [5, 5.41) is 12.4. The van der Waals surface area contributed by atoms with Crippen molar-refractivity contribution in [1.82, 2.24) is 0 Å².